The minimum Gasteiger partial charge on any atom is -0.0984 e. The molecule has 0 amide bonds. The van der Waals surface area contributed by atoms with E-state index < -0.39 is 0 Å². The van der Waals surface area contributed by atoms with Gasteiger partial charge in [-0.3, -0.25) is 0 Å². The van der Waals surface area contributed by atoms with E-state index in [0.29, 0.717) is 21.2 Å². The topological polar surface area (TPSA) is 0 Å². The van der Waals surface area contributed by atoms with Crippen molar-refractivity contribution in [1.82, 2.24) is 0 Å². The van der Waals surface area contributed by atoms with E-state index in [-0.39, 0.29) is 10.0 Å². The average molecular weight is 344 g/mol. The molecule has 0 aromatic heterocycles. The second-order valence-corrected chi connectivity index (χ2v) is 5.55. The summed E-state index contributed by atoms with van der Waals surface area (Å²) in [4.78, 5) is 0. The smallest absolute Gasteiger partial charge is 0.0800 e. The van der Waals surface area contributed by atoms with Gasteiger partial charge in [-0.15, -0.1) is 0 Å². The molecule has 0 atom stereocenters. The maximum atomic E-state index is 6.36. The Morgan fingerprint density at radius 1 is 0.750 bits per heavy atom. The monoisotopic (exact) mass is 342 g/mol. The first kappa shape index (κ1) is 15.5. The Bertz CT molecular complexity index is 702. The standard InChI is InChI=1S/C16H10Cl4/c1-3-9-7-5-6-8-11(9)12-10(4-2)13(17)15(19)16(20)14(12)18/h3-8H,1-2H2. The summed E-state index contributed by atoms with van der Waals surface area (Å²) in [6, 6.07) is 7.68. The average Bonchev–Trinajstić information content (AvgIpc) is 2.48. The molecule has 0 bridgehead atoms. The van der Waals surface area contributed by atoms with Crippen LogP contribution in [0.4, 0.5) is 0 Å². The molecule has 0 aliphatic heterocycles. The summed E-state index contributed by atoms with van der Waals surface area (Å²) in [5.41, 5.74) is 3.16. The first-order valence-corrected chi connectivity index (χ1v) is 7.24. The summed E-state index contributed by atoms with van der Waals surface area (Å²) in [7, 11) is 0. The lowest BCUT2D eigenvalue weighted by Crippen LogP contribution is -1.92. The van der Waals surface area contributed by atoms with Crippen LogP contribution in [0.5, 0.6) is 0 Å². The lowest BCUT2D eigenvalue weighted by atomic mass is 9.95. The van der Waals surface area contributed by atoms with Crippen molar-refractivity contribution in [1.29, 1.82) is 0 Å². The van der Waals surface area contributed by atoms with E-state index >= 15 is 0 Å². The van der Waals surface area contributed by atoms with Crippen molar-refractivity contribution in [2.24, 2.45) is 0 Å². The summed E-state index contributed by atoms with van der Waals surface area (Å²) >= 11 is 24.8. The predicted octanol–water partition coefficient (Wildman–Crippen LogP) is 7.25. The number of rotatable bonds is 3. The molecule has 0 saturated carbocycles. The van der Waals surface area contributed by atoms with Crippen molar-refractivity contribution >= 4 is 58.6 Å². The van der Waals surface area contributed by atoms with Crippen LogP contribution >= 0.6 is 46.4 Å². The van der Waals surface area contributed by atoms with Crippen molar-refractivity contribution in [2.75, 3.05) is 0 Å². The summed E-state index contributed by atoms with van der Waals surface area (Å²) in [5.74, 6) is 0. The molecule has 0 spiro atoms. The molecular weight excluding hydrogens is 334 g/mol. The Morgan fingerprint density at radius 2 is 1.35 bits per heavy atom. The van der Waals surface area contributed by atoms with Crippen molar-refractivity contribution < 1.29 is 0 Å². The molecule has 0 radical (unpaired) electrons. The van der Waals surface area contributed by atoms with Crippen LogP contribution in [0.1, 0.15) is 11.1 Å². The molecule has 0 heterocycles. The molecule has 0 fully saturated rings. The summed E-state index contributed by atoms with van der Waals surface area (Å²) in [5, 5.41) is 1.15. The maximum Gasteiger partial charge on any atom is 0.0800 e. The second-order valence-electron chi connectivity index (χ2n) is 4.04. The first-order chi connectivity index (χ1) is 9.52. The Labute approximate surface area is 138 Å². The van der Waals surface area contributed by atoms with Crippen LogP contribution in [0, 0.1) is 0 Å². The van der Waals surface area contributed by atoms with E-state index in [2.05, 4.69) is 13.2 Å². The zero-order valence-electron chi connectivity index (χ0n) is 10.4. The van der Waals surface area contributed by atoms with Crippen LogP contribution < -0.4 is 0 Å². The second kappa shape index (κ2) is 6.24. The van der Waals surface area contributed by atoms with E-state index in [0.717, 1.165) is 11.1 Å². The van der Waals surface area contributed by atoms with Gasteiger partial charge < -0.3 is 0 Å². The number of hydrogen-bond donors (Lipinski definition) is 0. The molecule has 0 unspecified atom stereocenters. The highest BCUT2D eigenvalue weighted by molar-refractivity contribution is 6.53. The highest BCUT2D eigenvalue weighted by Crippen LogP contribution is 2.47. The van der Waals surface area contributed by atoms with Gasteiger partial charge in [0.2, 0.25) is 0 Å². The lowest BCUT2D eigenvalue weighted by Gasteiger charge is -2.16. The third kappa shape index (κ3) is 2.49. The van der Waals surface area contributed by atoms with Crippen LogP contribution in [-0.4, -0.2) is 0 Å². The van der Waals surface area contributed by atoms with Gasteiger partial charge in [-0.05, 0) is 11.1 Å². The number of hydrogen-bond acceptors (Lipinski definition) is 0. The van der Waals surface area contributed by atoms with Gasteiger partial charge in [-0.2, -0.15) is 0 Å². The van der Waals surface area contributed by atoms with Crippen LogP contribution in [0.25, 0.3) is 23.3 Å². The van der Waals surface area contributed by atoms with E-state index in [4.69, 9.17) is 46.4 Å². The van der Waals surface area contributed by atoms with E-state index in [9.17, 15) is 0 Å². The minimum absolute atomic E-state index is 0.230. The normalized spacial score (nSPS) is 10.4. The Kier molecular flexibility index (Phi) is 4.82. The molecule has 0 aliphatic rings. The fourth-order valence-corrected chi connectivity index (χ4v) is 3.05. The zero-order valence-corrected chi connectivity index (χ0v) is 13.4. The third-order valence-electron chi connectivity index (χ3n) is 2.96. The summed E-state index contributed by atoms with van der Waals surface area (Å²) < 4.78 is 0. The summed E-state index contributed by atoms with van der Waals surface area (Å²) in [6.45, 7) is 7.58. The van der Waals surface area contributed by atoms with Crippen LogP contribution in [0.3, 0.4) is 0 Å². The zero-order chi connectivity index (χ0) is 14.9. The van der Waals surface area contributed by atoms with Crippen molar-refractivity contribution in [3.05, 3.63) is 68.6 Å². The largest absolute Gasteiger partial charge is 0.0984 e. The van der Waals surface area contributed by atoms with E-state index in [1.165, 1.54) is 0 Å². The molecule has 4 heteroatoms. The molecule has 102 valence electrons. The lowest BCUT2D eigenvalue weighted by molar-refractivity contribution is 1.57. The van der Waals surface area contributed by atoms with Crippen LogP contribution in [0.15, 0.2) is 37.4 Å². The summed E-state index contributed by atoms with van der Waals surface area (Å²) in [6.07, 6.45) is 3.36. The minimum atomic E-state index is 0.230. The Hall–Kier alpha value is -0.920. The van der Waals surface area contributed by atoms with Crippen molar-refractivity contribution in [3.8, 4) is 11.1 Å². The highest BCUT2D eigenvalue weighted by atomic mass is 35.5. The molecular formula is C16H10Cl4. The molecule has 2 rings (SSSR count). The quantitative estimate of drug-likeness (QED) is 0.406. The van der Waals surface area contributed by atoms with E-state index in [1.807, 2.05) is 24.3 Å². The van der Waals surface area contributed by atoms with Crippen LogP contribution in [0.2, 0.25) is 20.1 Å². The van der Waals surface area contributed by atoms with Gasteiger partial charge in [0.25, 0.3) is 0 Å². The molecule has 0 nitrogen and oxygen atoms in total. The van der Waals surface area contributed by atoms with Gasteiger partial charge in [0.05, 0.1) is 20.1 Å². The number of halogens is 4. The SMILES string of the molecule is C=Cc1ccccc1-c1c(Cl)c(Cl)c(Cl)c(Cl)c1C=C. The fraction of sp³-hybridized carbons (Fsp3) is 0. The first-order valence-electron chi connectivity index (χ1n) is 5.73. The Balaban J connectivity index is 2.93. The van der Waals surface area contributed by atoms with Crippen molar-refractivity contribution in [3.63, 3.8) is 0 Å². The molecule has 2 aromatic rings. The maximum absolute atomic E-state index is 6.36. The van der Waals surface area contributed by atoms with Gasteiger partial charge >= 0.3 is 0 Å². The molecule has 20 heavy (non-hydrogen) atoms. The van der Waals surface area contributed by atoms with Gasteiger partial charge in [0.1, 0.15) is 0 Å². The molecule has 0 N–H and O–H groups in total. The molecule has 0 saturated heterocycles. The van der Waals surface area contributed by atoms with Gasteiger partial charge in [0.15, 0.2) is 0 Å². The predicted molar refractivity (Wildman–Crippen MR) is 92.1 cm³/mol. The highest BCUT2D eigenvalue weighted by Gasteiger charge is 2.20. The van der Waals surface area contributed by atoms with Crippen LogP contribution in [-0.2, 0) is 0 Å². The van der Waals surface area contributed by atoms with Gasteiger partial charge in [-0.25, -0.2) is 0 Å². The molecule has 2 aromatic carbocycles. The Morgan fingerprint density at radius 3 is 1.95 bits per heavy atom. The molecule has 0 aliphatic carbocycles. The van der Waals surface area contributed by atoms with Crippen molar-refractivity contribution in [2.45, 2.75) is 0 Å². The van der Waals surface area contributed by atoms with E-state index in [1.54, 1.807) is 12.2 Å². The van der Waals surface area contributed by atoms with Gasteiger partial charge in [-0.1, -0.05) is 96.0 Å². The number of benzene rings is 2. The fourth-order valence-electron chi connectivity index (χ4n) is 2.01. The third-order valence-corrected chi connectivity index (χ3v) is 4.77. The van der Waals surface area contributed by atoms with Gasteiger partial charge in [0, 0.05) is 11.1 Å².